The van der Waals surface area contributed by atoms with Gasteiger partial charge in [-0.15, -0.1) is 0 Å². The number of fused-ring (bicyclic) bond motifs is 1. The maximum absolute atomic E-state index is 2.40. The molecule has 0 fully saturated rings. The summed E-state index contributed by atoms with van der Waals surface area (Å²) in [6, 6.07) is 24.1. The van der Waals surface area contributed by atoms with Gasteiger partial charge in [0.15, 0.2) is 0 Å². The molecule has 0 amide bonds. The van der Waals surface area contributed by atoms with E-state index >= 15 is 0 Å². The molecule has 1 unspecified atom stereocenters. The first kappa shape index (κ1) is 21.4. The predicted octanol–water partition coefficient (Wildman–Crippen LogP) is 0.0881. The van der Waals surface area contributed by atoms with Crippen LogP contribution in [0.5, 0.6) is 0 Å². The summed E-state index contributed by atoms with van der Waals surface area (Å²) in [5.41, 5.74) is 7.40. The van der Waals surface area contributed by atoms with Crippen LogP contribution in [0.3, 0.4) is 0 Å². The predicted molar refractivity (Wildman–Crippen MR) is 109 cm³/mol. The number of rotatable bonds is 5. The number of hydrogen-bond donors (Lipinski definition) is 0. The zero-order valence-corrected chi connectivity index (χ0v) is 18.4. The average molecular weight is 465 g/mol. The van der Waals surface area contributed by atoms with Gasteiger partial charge in [-0.25, -0.2) is 0 Å². The van der Waals surface area contributed by atoms with Crippen molar-refractivity contribution in [3.63, 3.8) is 0 Å². The molecular formula is C25H21F2NZr. The van der Waals surface area contributed by atoms with Gasteiger partial charge >= 0.3 is 173 Å². The molecule has 2 aromatic carbocycles. The number of aromatic nitrogens is 1. The van der Waals surface area contributed by atoms with Gasteiger partial charge in [0.2, 0.25) is 0 Å². The summed E-state index contributed by atoms with van der Waals surface area (Å²) in [7, 11) is 0. The summed E-state index contributed by atoms with van der Waals surface area (Å²) in [4.78, 5) is 0. The monoisotopic (exact) mass is 463 g/mol. The van der Waals surface area contributed by atoms with E-state index in [4.69, 9.17) is 0 Å². The van der Waals surface area contributed by atoms with E-state index in [0.717, 1.165) is 12.8 Å². The SMILES string of the molecule is C1=CC(Cc2ccccc2)=[C]([Zr+2][CH]2C(n3cccc3)=Cc3ccccc32)C1.[F-].[F-]. The van der Waals surface area contributed by atoms with Crippen LogP contribution in [-0.4, -0.2) is 4.57 Å². The molecule has 0 bridgehead atoms. The van der Waals surface area contributed by atoms with Crippen LogP contribution in [0.2, 0.25) is 0 Å². The summed E-state index contributed by atoms with van der Waals surface area (Å²) >= 11 is -0.795. The van der Waals surface area contributed by atoms with Crippen LogP contribution in [0.4, 0.5) is 0 Å². The van der Waals surface area contributed by atoms with Gasteiger partial charge in [0.1, 0.15) is 0 Å². The first-order valence-corrected chi connectivity index (χ1v) is 12.2. The average Bonchev–Trinajstić information content (AvgIpc) is 3.44. The van der Waals surface area contributed by atoms with Crippen molar-refractivity contribution in [2.45, 2.75) is 16.5 Å². The molecule has 0 saturated carbocycles. The van der Waals surface area contributed by atoms with Gasteiger partial charge in [-0.2, -0.15) is 0 Å². The van der Waals surface area contributed by atoms with Crippen LogP contribution >= 0.6 is 0 Å². The van der Waals surface area contributed by atoms with Gasteiger partial charge in [0.05, 0.1) is 0 Å². The number of hydrogen-bond acceptors (Lipinski definition) is 0. The molecule has 2 aliphatic carbocycles. The molecule has 1 heterocycles. The Balaban J connectivity index is 0.00000120. The second-order valence-electron chi connectivity index (χ2n) is 7.14. The van der Waals surface area contributed by atoms with Gasteiger partial charge in [-0.3, -0.25) is 0 Å². The quantitative estimate of drug-likeness (QED) is 0.505. The molecule has 29 heavy (non-hydrogen) atoms. The van der Waals surface area contributed by atoms with Crippen molar-refractivity contribution in [3.05, 3.63) is 117 Å². The van der Waals surface area contributed by atoms with Gasteiger partial charge in [0.25, 0.3) is 0 Å². The Bertz CT molecular complexity index is 1050. The second-order valence-corrected chi connectivity index (χ2v) is 10.8. The number of halogens is 2. The molecule has 0 saturated heterocycles. The molecule has 2 aliphatic rings. The third-order valence-electron chi connectivity index (χ3n) is 5.39. The fourth-order valence-electron chi connectivity index (χ4n) is 4.05. The van der Waals surface area contributed by atoms with E-state index in [-0.39, 0.29) is 9.41 Å². The minimum atomic E-state index is -0.795. The van der Waals surface area contributed by atoms with Gasteiger partial charge in [-0.05, 0) is 0 Å². The standard InChI is InChI=1S/C13H10N.C12H11.2FH.Zr/c1-2-6-12-10-13(9-11(12)5-1)14-7-3-4-8-14;1-2-6-11(7-3-1)10-12-8-4-5-9-12;;;/h1-10H;1-4,6-8H,5,10H2;2*1H;/q;;;;+2/p-2. The fraction of sp³-hybridized carbons (Fsp3) is 0.120. The van der Waals surface area contributed by atoms with E-state index in [9.17, 15) is 0 Å². The Morgan fingerprint density at radius 1 is 0.862 bits per heavy atom. The summed E-state index contributed by atoms with van der Waals surface area (Å²) in [6.07, 6.45) is 13.8. The molecular weight excluding hydrogens is 444 g/mol. The number of benzene rings is 2. The van der Waals surface area contributed by atoms with Crippen molar-refractivity contribution in [2.24, 2.45) is 0 Å². The fourth-order valence-corrected chi connectivity index (χ4v) is 8.32. The maximum Gasteiger partial charge on any atom is -1.00 e. The van der Waals surface area contributed by atoms with E-state index < -0.39 is 23.2 Å². The van der Waals surface area contributed by atoms with E-state index in [1.165, 1.54) is 22.4 Å². The third-order valence-corrected chi connectivity index (χ3v) is 9.74. The van der Waals surface area contributed by atoms with E-state index in [1.807, 2.05) is 0 Å². The zero-order valence-electron chi connectivity index (χ0n) is 15.9. The minimum Gasteiger partial charge on any atom is -1.00 e. The Hall–Kier alpha value is -2.32. The van der Waals surface area contributed by atoms with Crippen LogP contribution in [-0.2, 0) is 29.7 Å². The molecule has 0 aliphatic heterocycles. The van der Waals surface area contributed by atoms with Crippen molar-refractivity contribution < 1.29 is 32.6 Å². The Morgan fingerprint density at radius 3 is 2.38 bits per heavy atom. The summed E-state index contributed by atoms with van der Waals surface area (Å²) in [6.45, 7) is 0. The van der Waals surface area contributed by atoms with E-state index in [1.54, 1.807) is 8.85 Å². The largest absolute Gasteiger partial charge is 1.00 e. The van der Waals surface area contributed by atoms with Gasteiger partial charge < -0.3 is 9.41 Å². The van der Waals surface area contributed by atoms with E-state index in [2.05, 4.69) is 102 Å². The molecule has 0 radical (unpaired) electrons. The molecule has 4 heteroatoms. The van der Waals surface area contributed by atoms with Crippen molar-refractivity contribution in [1.82, 2.24) is 4.57 Å². The summed E-state index contributed by atoms with van der Waals surface area (Å²) in [5.74, 6) is 0. The summed E-state index contributed by atoms with van der Waals surface area (Å²) < 4.78 is 4.67. The van der Waals surface area contributed by atoms with Crippen LogP contribution in [0, 0.1) is 0 Å². The van der Waals surface area contributed by atoms with Crippen LogP contribution in [0.15, 0.2) is 100 Å². The van der Waals surface area contributed by atoms with Crippen LogP contribution in [0.1, 0.15) is 26.7 Å². The first-order chi connectivity index (χ1) is 13.4. The minimum absolute atomic E-state index is 0. The smallest absolute Gasteiger partial charge is 1.00 e. The third kappa shape index (κ3) is 4.33. The zero-order chi connectivity index (χ0) is 18.1. The topological polar surface area (TPSA) is 4.93 Å². The molecule has 0 N–H and O–H groups in total. The van der Waals surface area contributed by atoms with Crippen LogP contribution < -0.4 is 9.41 Å². The van der Waals surface area contributed by atoms with Crippen molar-refractivity contribution in [2.75, 3.05) is 0 Å². The Labute approximate surface area is 181 Å². The Morgan fingerprint density at radius 2 is 1.59 bits per heavy atom. The maximum atomic E-state index is 2.40. The van der Waals surface area contributed by atoms with Crippen molar-refractivity contribution >= 4 is 11.8 Å². The second kappa shape index (κ2) is 9.45. The Kier molecular flexibility index (Phi) is 6.97. The first-order valence-electron chi connectivity index (χ1n) is 9.51. The summed E-state index contributed by atoms with van der Waals surface area (Å²) in [5, 5.41) is 0. The van der Waals surface area contributed by atoms with Gasteiger partial charge in [-0.1, -0.05) is 0 Å². The molecule has 1 nitrogen and oxygen atoms in total. The number of allylic oxidation sites excluding steroid dienone is 5. The molecule has 5 rings (SSSR count). The van der Waals surface area contributed by atoms with Crippen LogP contribution in [0.25, 0.3) is 11.8 Å². The van der Waals surface area contributed by atoms with E-state index in [0.29, 0.717) is 3.63 Å². The van der Waals surface area contributed by atoms with Gasteiger partial charge in [0, 0.05) is 0 Å². The molecule has 3 aromatic rings. The normalized spacial score (nSPS) is 16.6. The molecule has 144 valence electrons. The van der Waals surface area contributed by atoms with Crippen molar-refractivity contribution in [1.29, 1.82) is 0 Å². The molecule has 0 spiro atoms. The number of nitrogens with zero attached hydrogens (tertiary/aromatic N) is 1. The molecule has 1 aromatic heterocycles. The molecule has 1 atom stereocenters. The van der Waals surface area contributed by atoms with Crippen molar-refractivity contribution in [3.8, 4) is 0 Å².